The second kappa shape index (κ2) is 15.3. The summed E-state index contributed by atoms with van der Waals surface area (Å²) in [5.74, 6) is -5.74. The van der Waals surface area contributed by atoms with Crippen molar-refractivity contribution in [1.82, 2.24) is 19.9 Å². The van der Waals surface area contributed by atoms with E-state index >= 15 is 4.39 Å². The highest BCUT2D eigenvalue weighted by Gasteiger charge is 2.49. The zero-order chi connectivity index (χ0) is 39.6. The van der Waals surface area contributed by atoms with Gasteiger partial charge in [-0.25, -0.2) is 18.4 Å². The topological polar surface area (TPSA) is 184 Å². The molecule has 3 aliphatic rings. The van der Waals surface area contributed by atoms with Gasteiger partial charge >= 0.3 is 30.3 Å². The zero-order valence-electron chi connectivity index (χ0n) is 28.1. The summed E-state index contributed by atoms with van der Waals surface area (Å²) in [6.45, 7) is 1.96. The molecule has 292 valence electrons. The van der Waals surface area contributed by atoms with Gasteiger partial charge in [0.25, 0.3) is 0 Å². The SMILES string of the molecule is NC1(CNc2nc(OC[C@@]34CCCN3C[C@H](F)C4)nc3c(F)c(-c4cc(O)cc5ccccc45)ncc23)CCC1.O=C(O)C(F)(F)F.O=C(O)C(F)(F)F. The summed E-state index contributed by atoms with van der Waals surface area (Å²) in [7, 11) is 0. The Hall–Kier alpha value is -5.11. The third-order valence-corrected chi connectivity index (χ3v) is 9.44. The number of anilines is 1. The summed E-state index contributed by atoms with van der Waals surface area (Å²) in [6.07, 6.45) is -4.39. The number of benzene rings is 2. The van der Waals surface area contributed by atoms with Crippen molar-refractivity contribution in [3.05, 3.63) is 48.4 Å². The Morgan fingerprint density at radius 1 is 0.981 bits per heavy atom. The van der Waals surface area contributed by atoms with Gasteiger partial charge in [0.1, 0.15) is 35.6 Å². The lowest BCUT2D eigenvalue weighted by Crippen LogP contribution is -2.52. The molecule has 1 saturated carbocycles. The largest absolute Gasteiger partial charge is 0.508 e. The fraction of sp³-hybridized carbons (Fsp3) is 0.441. The number of ether oxygens (including phenoxy) is 1. The van der Waals surface area contributed by atoms with E-state index in [-0.39, 0.29) is 40.7 Å². The van der Waals surface area contributed by atoms with E-state index in [4.69, 9.17) is 30.3 Å². The third kappa shape index (κ3) is 8.98. The van der Waals surface area contributed by atoms with Crippen LogP contribution >= 0.6 is 0 Å². The van der Waals surface area contributed by atoms with Crippen molar-refractivity contribution in [2.45, 2.75) is 68.1 Å². The van der Waals surface area contributed by atoms with Crippen LogP contribution in [-0.4, -0.2) is 103 Å². The number of phenols is 1. The van der Waals surface area contributed by atoms with E-state index in [0.29, 0.717) is 36.3 Å². The molecule has 12 nitrogen and oxygen atoms in total. The zero-order valence-corrected chi connectivity index (χ0v) is 28.1. The second-order valence-electron chi connectivity index (χ2n) is 13.3. The number of fused-ring (bicyclic) bond motifs is 3. The normalized spacial score (nSPS) is 20.6. The minimum atomic E-state index is -5.08. The first kappa shape index (κ1) is 40.1. The monoisotopic (exact) mass is 774 g/mol. The number of carbonyl (C=O) groups is 2. The van der Waals surface area contributed by atoms with Crippen molar-refractivity contribution < 1.29 is 64.8 Å². The summed E-state index contributed by atoms with van der Waals surface area (Å²) < 4.78 is 100. The lowest BCUT2D eigenvalue weighted by Gasteiger charge is -2.38. The lowest BCUT2D eigenvalue weighted by atomic mass is 9.78. The number of hydrogen-bond donors (Lipinski definition) is 5. The maximum atomic E-state index is 16.3. The van der Waals surface area contributed by atoms with Crippen LogP contribution < -0.4 is 15.8 Å². The molecule has 6 N–H and O–H groups in total. The highest BCUT2D eigenvalue weighted by Crippen LogP contribution is 2.41. The number of pyridine rings is 1. The number of nitrogens with zero attached hydrogens (tertiary/aromatic N) is 4. The standard InChI is InChI=1S/C30H32F2N6O2.2C2HF3O2/c31-19-13-30(9-4-10-38(30)15-19)17-40-28-36-26-23(27(37-28)35-16-29(33)7-3-8-29)14-34-25(24(26)32)22-12-20(39)11-18-5-1-2-6-21(18)22;2*3-2(4,5)1(6)7/h1-2,5-6,11-12,14,19,39H,3-4,7-10,13,15-17,33H2,(H,35,36,37);2*(H,6,7)/t19-,30+;;/m1../s1. The number of aromatic nitrogens is 3. The molecule has 54 heavy (non-hydrogen) atoms. The van der Waals surface area contributed by atoms with Gasteiger partial charge in [-0.2, -0.15) is 36.3 Å². The summed E-state index contributed by atoms with van der Waals surface area (Å²) in [4.78, 5) is 33.5. The Kier molecular flexibility index (Phi) is 11.4. The van der Waals surface area contributed by atoms with Crippen LogP contribution in [0, 0.1) is 5.82 Å². The Bertz CT molecular complexity index is 2010. The van der Waals surface area contributed by atoms with E-state index in [1.54, 1.807) is 12.3 Å². The maximum absolute atomic E-state index is 16.3. The summed E-state index contributed by atoms with van der Waals surface area (Å²) in [5.41, 5.74) is 6.31. The highest BCUT2D eigenvalue weighted by molar-refractivity contribution is 5.99. The minimum Gasteiger partial charge on any atom is -0.508 e. The second-order valence-corrected chi connectivity index (χ2v) is 13.3. The first-order valence-corrected chi connectivity index (χ1v) is 16.4. The Balaban J connectivity index is 0.000000342. The van der Waals surface area contributed by atoms with E-state index in [1.165, 1.54) is 6.07 Å². The Morgan fingerprint density at radius 2 is 1.63 bits per heavy atom. The molecule has 2 aliphatic heterocycles. The van der Waals surface area contributed by atoms with E-state index in [2.05, 4.69) is 25.2 Å². The molecule has 20 heteroatoms. The van der Waals surface area contributed by atoms with Gasteiger partial charge in [0, 0.05) is 36.8 Å². The molecule has 7 rings (SSSR count). The molecule has 4 heterocycles. The first-order valence-electron chi connectivity index (χ1n) is 16.4. The number of alkyl halides is 7. The lowest BCUT2D eigenvalue weighted by molar-refractivity contribution is -0.193. The van der Waals surface area contributed by atoms with Crippen LogP contribution in [0.1, 0.15) is 38.5 Å². The van der Waals surface area contributed by atoms with Crippen molar-refractivity contribution >= 4 is 39.4 Å². The molecule has 0 unspecified atom stereocenters. The van der Waals surface area contributed by atoms with Gasteiger partial charge in [0.15, 0.2) is 5.82 Å². The smallest absolute Gasteiger partial charge is 0.490 e. The highest BCUT2D eigenvalue weighted by atomic mass is 19.4. The number of phenolic OH excluding ortho intramolecular Hbond substituents is 1. The maximum Gasteiger partial charge on any atom is 0.490 e. The predicted octanol–water partition coefficient (Wildman–Crippen LogP) is 6.20. The molecule has 0 bridgehead atoms. The average molecular weight is 775 g/mol. The number of carboxylic acids is 2. The summed E-state index contributed by atoms with van der Waals surface area (Å²) in [5, 5.41) is 29.8. The number of carboxylic acid groups (broad SMARTS) is 2. The number of aliphatic carboxylic acids is 2. The predicted molar refractivity (Wildman–Crippen MR) is 177 cm³/mol. The number of rotatable bonds is 7. The van der Waals surface area contributed by atoms with E-state index in [9.17, 15) is 35.8 Å². The first-order chi connectivity index (χ1) is 25.2. The van der Waals surface area contributed by atoms with Crippen LogP contribution in [0.2, 0.25) is 0 Å². The van der Waals surface area contributed by atoms with Crippen LogP contribution in [0.3, 0.4) is 0 Å². The number of nitrogens with one attached hydrogen (secondary N) is 1. The van der Waals surface area contributed by atoms with Gasteiger partial charge in [-0.05, 0) is 61.6 Å². The third-order valence-electron chi connectivity index (χ3n) is 9.44. The number of aromatic hydroxyl groups is 1. The minimum absolute atomic E-state index is 0.0147. The van der Waals surface area contributed by atoms with Gasteiger partial charge in [0.05, 0.1) is 10.9 Å². The molecule has 1 aliphatic carbocycles. The Morgan fingerprint density at radius 3 is 2.24 bits per heavy atom. The van der Waals surface area contributed by atoms with Gasteiger partial charge < -0.3 is 31.1 Å². The molecule has 4 aromatic rings. The molecule has 0 amide bonds. The molecular weight excluding hydrogens is 740 g/mol. The number of nitrogens with two attached hydrogens (primary N) is 1. The van der Waals surface area contributed by atoms with E-state index in [1.807, 2.05) is 24.3 Å². The van der Waals surface area contributed by atoms with Crippen LogP contribution in [0.4, 0.5) is 40.9 Å². The molecule has 2 aromatic carbocycles. The van der Waals surface area contributed by atoms with Gasteiger partial charge in [-0.1, -0.05) is 24.3 Å². The number of halogens is 8. The summed E-state index contributed by atoms with van der Waals surface area (Å²) >= 11 is 0. The molecule has 2 atom stereocenters. The van der Waals surface area contributed by atoms with Crippen molar-refractivity contribution in [1.29, 1.82) is 0 Å². The molecule has 2 aromatic heterocycles. The quantitative estimate of drug-likeness (QED) is 0.134. The van der Waals surface area contributed by atoms with Crippen molar-refractivity contribution in [2.75, 3.05) is 31.6 Å². The van der Waals surface area contributed by atoms with Gasteiger partial charge in [-0.3, -0.25) is 9.88 Å². The average Bonchev–Trinajstić information content (AvgIpc) is 3.60. The fourth-order valence-corrected chi connectivity index (χ4v) is 6.63. The van der Waals surface area contributed by atoms with Crippen LogP contribution in [0.25, 0.3) is 32.9 Å². The van der Waals surface area contributed by atoms with E-state index in [0.717, 1.165) is 49.4 Å². The van der Waals surface area contributed by atoms with Crippen molar-refractivity contribution in [3.63, 3.8) is 0 Å². The van der Waals surface area contributed by atoms with E-state index < -0.39 is 36.3 Å². The molecule has 3 fully saturated rings. The van der Waals surface area contributed by atoms with Crippen molar-refractivity contribution in [3.8, 4) is 23.0 Å². The van der Waals surface area contributed by atoms with Crippen LogP contribution in [0.15, 0.2) is 42.6 Å². The fourth-order valence-electron chi connectivity index (χ4n) is 6.63. The summed E-state index contributed by atoms with van der Waals surface area (Å²) in [6, 6.07) is 10.6. The van der Waals surface area contributed by atoms with Crippen molar-refractivity contribution in [2.24, 2.45) is 5.73 Å². The molecule has 2 saturated heterocycles. The number of hydrogen-bond acceptors (Lipinski definition) is 10. The molecule has 0 spiro atoms. The van der Waals surface area contributed by atoms with Crippen LogP contribution in [-0.2, 0) is 9.59 Å². The van der Waals surface area contributed by atoms with Gasteiger partial charge in [-0.15, -0.1) is 0 Å². The van der Waals surface area contributed by atoms with Gasteiger partial charge in [0.2, 0.25) is 0 Å². The molecule has 0 radical (unpaired) electrons. The molecular formula is C34H34F8N6O6. The van der Waals surface area contributed by atoms with Crippen LogP contribution in [0.5, 0.6) is 11.8 Å². The Labute approximate surface area is 301 Å².